The van der Waals surface area contributed by atoms with Gasteiger partial charge in [0, 0.05) is 12.6 Å². The summed E-state index contributed by atoms with van der Waals surface area (Å²) < 4.78 is 0. The third kappa shape index (κ3) is 3.46. The van der Waals surface area contributed by atoms with E-state index in [1.807, 2.05) is 0 Å². The fraction of sp³-hybridized carbons (Fsp3) is 1.00. The summed E-state index contributed by atoms with van der Waals surface area (Å²) >= 11 is 0. The van der Waals surface area contributed by atoms with Crippen molar-refractivity contribution in [3.63, 3.8) is 0 Å². The SMILES string of the molecule is CCCC1CCCCN1CC1CCCNC1. The highest BCUT2D eigenvalue weighted by Gasteiger charge is 2.24. The fourth-order valence-electron chi connectivity index (χ4n) is 3.37. The van der Waals surface area contributed by atoms with E-state index in [9.17, 15) is 0 Å². The quantitative estimate of drug-likeness (QED) is 0.790. The number of piperidine rings is 2. The molecule has 2 rings (SSSR count). The number of nitrogens with zero attached hydrogens (tertiary/aromatic N) is 1. The monoisotopic (exact) mass is 224 g/mol. The highest BCUT2D eigenvalue weighted by Crippen LogP contribution is 2.23. The van der Waals surface area contributed by atoms with Crippen molar-refractivity contribution in [1.29, 1.82) is 0 Å². The Hall–Kier alpha value is -0.0800. The number of likely N-dealkylation sites (tertiary alicyclic amines) is 1. The zero-order chi connectivity index (χ0) is 11.2. The predicted molar refractivity (Wildman–Crippen MR) is 69.7 cm³/mol. The van der Waals surface area contributed by atoms with Gasteiger partial charge in [-0.05, 0) is 57.7 Å². The molecule has 0 aromatic rings. The Morgan fingerprint density at radius 3 is 2.88 bits per heavy atom. The van der Waals surface area contributed by atoms with Crippen LogP contribution < -0.4 is 5.32 Å². The van der Waals surface area contributed by atoms with Crippen molar-refractivity contribution in [3.05, 3.63) is 0 Å². The average Bonchev–Trinajstić information content (AvgIpc) is 2.33. The molecule has 2 heteroatoms. The first kappa shape index (κ1) is 12.4. The van der Waals surface area contributed by atoms with Crippen LogP contribution in [0.15, 0.2) is 0 Å². The summed E-state index contributed by atoms with van der Waals surface area (Å²) in [5, 5.41) is 3.54. The molecule has 2 nitrogen and oxygen atoms in total. The summed E-state index contributed by atoms with van der Waals surface area (Å²) in [5.74, 6) is 0.922. The van der Waals surface area contributed by atoms with Crippen molar-refractivity contribution in [2.45, 2.75) is 57.9 Å². The summed E-state index contributed by atoms with van der Waals surface area (Å²) in [6.07, 6.45) is 9.95. The van der Waals surface area contributed by atoms with E-state index >= 15 is 0 Å². The Balaban J connectivity index is 1.80. The van der Waals surface area contributed by atoms with Crippen molar-refractivity contribution in [1.82, 2.24) is 10.2 Å². The molecule has 2 heterocycles. The van der Waals surface area contributed by atoms with E-state index in [2.05, 4.69) is 17.1 Å². The van der Waals surface area contributed by atoms with Gasteiger partial charge in [-0.25, -0.2) is 0 Å². The van der Waals surface area contributed by atoms with Crippen LogP contribution in [0.2, 0.25) is 0 Å². The lowest BCUT2D eigenvalue weighted by molar-refractivity contribution is 0.110. The minimum Gasteiger partial charge on any atom is -0.316 e. The Morgan fingerprint density at radius 2 is 2.12 bits per heavy atom. The smallest absolute Gasteiger partial charge is 0.00952 e. The van der Waals surface area contributed by atoms with Gasteiger partial charge in [-0.2, -0.15) is 0 Å². The van der Waals surface area contributed by atoms with E-state index < -0.39 is 0 Å². The topological polar surface area (TPSA) is 15.3 Å². The van der Waals surface area contributed by atoms with Crippen LogP contribution >= 0.6 is 0 Å². The summed E-state index contributed by atoms with van der Waals surface area (Å²) in [6, 6.07) is 0.903. The van der Waals surface area contributed by atoms with Crippen LogP contribution in [0, 0.1) is 5.92 Å². The molecule has 94 valence electrons. The highest BCUT2D eigenvalue weighted by atomic mass is 15.2. The third-order valence-corrected chi connectivity index (χ3v) is 4.26. The van der Waals surface area contributed by atoms with Crippen LogP contribution in [0.25, 0.3) is 0 Å². The molecular formula is C14H28N2. The summed E-state index contributed by atoms with van der Waals surface area (Å²) in [6.45, 7) is 7.55. The standard InChI is InChI=1S/C14H28N2/c1-2-6-14-8-3-4-10-16(14)12-13-7-5-9-15-11-13/h13-15H,2-12H2,1H3. The second-order valence-corrected chi connectivity index (χ2v) is 5.65. The molecule has 0 bridgehead atoms. The number of rotatable bonds is 4. The lowest BCUT2D eigenvalue weighted by Gasteiger charge is -2.39. The first-order valence-electron chi connectivity index (χ1n) is 7.35. The van der Waals surface area contributed by atoms with E-state index in [1.54, 1.807) is 0 Å². The van der Waals surface area contributed by atoms with E-state index in [1.165, 1.54) is 71.1 Å². The van der Waals surface area contributed by atoms with Crippen LogP contribution in [0.5, 0.6) is 0 Å². The van der Waals surface area contributed by atoms with Gasteiger partial charge >= 0.3 is 0 Å². The average molecular weight is 224 g/mol. The lowest BCUT2D eigenvalue weighted by atomic mass is 9.94. The molecule has 0 saturated carbocycles. The normalized spacial score (nSPS) is 32.8. The number of hydrogen-bond acceptors (Lipinski definition) is 2. The molecule has 1 N–H and O–H groups in total. The van der Waals surface area contributed by atoms with Crippen molar-refractivity contribution in [2.75, 3.05) is 26.2 Å². The Labute approximate surface area is 101 Å². The van der Waals surface area contributed by atoms with Gasteiger partial charge in [-0.3, -0.25) is 0 Å². The zero-order valence-corrected chi connectivity index (χ0v) is 10.9. The van der Waals surface area contributed by atoms with Gasteiger partial charge < -0.3 is 10.2 Å². The van der Waals surface area contributed by atoms with Crippen molar-refractivity contribution >= 4 is 0 Å². The second-order valence-electron chi connectivity index (χ2n) is 5.65. The summed E-state index contributed by atoms with van der Waals surface area (Å²) in [7, 11) is 0. The Bertz CT molecular complexity index is 185. The molecule has 16 heavy (non-hydrogen) atoms. The molecular weight excluding hydrogens is 196 g/mol. The van der Waals surface area contributed by atoms with Crippen molar-refractivity contribution in [2.24, 2.45) is 5.92 Å². The van der Waals surface area contributed by atoms with E-state index in [0.717, 1.165) is 12.0 Å². The predicted octanol–water partition coefficient (Wildman–Crippen LogP) is 2.64. The van der Waals surface area contributed by atoms with Gasteiger partial charge in [0.05, 0.1) is 0 Å². The van der Waals surface area contributed by atoms with Gasteiger partial charge in [0.2, 0.25) is 0 Å². The Morgan fingerprint density at radius 1 is 1.19 bits per heavy atom. The molecule has 0 aromatic heterocycles. The molecule has 0 radical (unpaired) electrons. The maximum absolute atomic E-state index is 3.54. The van der Waals surface area contributed by atoms with Crippen LogP contribution in [-0.2, 0) is 0 Å². The minimum atomic E-state index is 0.903. The van der Waals surface area contributed by atoms with Crippen LogP contribution in [0.3, 0.4) is 0 Å². The van der Waals surface area contributed by atoms with E-state index in [-0.39, 0.29) is 0 Å². The molecule has 2 unspecified atom stereocenters. The summed E-state index contributed by atoms with van der Waals surface area (Å²) in [5.41, 5.74) is 0. The molecule has 0 aliphatic carbocycles. The molecule has 0 aromatic carbocycles. The van der Waals surface area contributed by atoms with Crippen LogP contribution in [0.4, 0.5) is 0 Å². The van der Waals surface area contributed by atoms with Gasteiger partial charge in [0.25, 0.3) is 0 Å². The van der Waals surface area contributed by atoms with E-state index in [0.29, 0.717) is 0 Å². The number of nitrogens with one attached hydrogen (secondary N) is 1. The molecule has 2 saturated heterocycles. The Kier molecular flexibility index (Phi) is 5.11. The lowest BCUT2D eigenvalue weighted by Crippen LogP contribution is -2.45. The van der Waals surface area contributed by atoms with Crippen molar-refractivity contribution < 1.29 is 0 Å². The fourth-order valence-corrected chi connectivity index (χ4v) is 3.37. The van der Waals surface area contributed by atoms with Gasteiger partial charge in [-0.1, -0.05) is 19.8 Å². The van der Waals surface area contributed by atoms with Crippen molar-refractivity contribution in [3.8, 4) is 0 Å². The molecule has 0 spiro atoms. The number of hydrogen-bond donors (Lipinski definition) is 1. The maximum Gasteiger partial charge on any atom is 0.00952 e. The van der Waals surface area contributed by atoms with Crippen LogP contribution in [-0.4, -0.2) is 37.1 Å². The van der Waals surface area contributed by atoms with Gasteiger partial charge in [-0.15, -0.1) is 0 Å². The summed E-state index contributed by atoms with van der Waals surface area (Å²) in [4.78, 5) is 2.80. The first-order valence-corrected chi connectivity index (χ1v) is 7.35. The first-order chi connectivity index (χ1) is 7.90. The maximum atomic E-state index is 3.54. The highest BCUT2D eigenvalue weighted by molar-refractivity contribution is 4.80. The minimum absolute atomic E-state index is 0.903. The zero-order valence-electron chi connectivity index (χ0n) is 10.9. The molecule has 2 aliphatic rings. The molecule has 0 amide bonds. The molecule has 2 fully saturated rings. The van der Waals surface area contributed by atoms with Gasteiger partial charge in [0.1, 0.15) is 0 Å². The molecule has 2 atom stereocenters. The largest absolute Gasteiger partial charge is 0.316 e. The van der Waals surface area contributed by atoms with E-state index in [4.69, 9.17) is 0 Å². The van der Waals surface area contributed by atoms with Gasteiger partial charge in [0.15, 0.2) is 0 Å². The van der Waals surface area contributed by atoms with Crippen LogP contribution in [0.1, 0.15) is 51.9 Å². The molecule has 2 aliphatic heterocycles. The third-order valence-electron chi connectivity index (χ3n) is 4.26. The second kappa shape index (κ2) is 6.61.